The Bertz CT molecular complexity index is 1210. The molecule has 0 aromatic heterocycles. The molecule has 1 amide bonds. The zero-order chi connectivity index (χ0) is 27.5. The highest BCUT2D eigenvalue weighted by atomic mass is 16.5. The van der Waals surface area contributed by atoms with E-state index < -0.39 is 11.9 Å². The lowest BCUT2D eigenvalue weighted by Gasteiger charge is -2.23. The maximum Gasteiger partial charge on any atom is 0.337 e. The lowest BCUT2D eigenvalue weighted by atomic mass is 10.1. The number of carbonyl (C=O) groups excluding carboxylic acids is 3. The Balaban J connectivity index is 1.61. The molecule has 0 aliphatic carbocycles. The van der Waals surface area contributed by atoms with Gasteiger partial charge >= 0.3 is 11.9 Å². The molecule has 3 rings (SSSR count). The maximum absolute atomic E-state index is 13.3. The highest BCUT2D eigenvalue weighted by molar-refractivity contribution is 5.95. The first-order chi connectivity index (χ1) is 18.3. The Labute approximate surface area is 224 Å². The van der Waals surface area contributed by atoms with E-state index in [2.05, 4.69) is 6.07 Å². The number of ether oxygens (including phenoxy) is 3. The van der Waals surface area contributed by atoms with Crippen LogP contribution in [0.5, 0.6) is 5.75 Å². The number of unbranched alkanes of at least 4 members (excludes halogenated alkanes) is 2. The van der Waals surface area contributed by atoms with E-state index >= 15 is 0 Å². The largest absolute Gasteiger partial charge is 0.494 e. The minimum Gasteiger partial charge on any atom is -0.494 e. The summed E-state index contributed by atoms with van der Waals surface area (Å²) in [5, 5.41) is 0. The lowest BCUT2D eigenvalue weighted by molar-refractivity contribution is -0.118. The summed E-state index contributed by atoms with van der Waals surface area (Å²) in [6.07, 6.45) is 2.82. The molecule has 0 atom stereocenters. The van der Waals surface area contributed by atoms with Gasteiger partial charge in [0.15, 0.2) is 0 Å². The van der Waals surface area contributed by atoms with Gasteiger partial charge in [0.2, 0.25) is 5.91 Å². The standard InChI is InChI=1S/C31H35NO6/c1-22-18-23(2)20-28(19-22)38-17-7-5-6-8-29(33)32(27-15-13-26(14-16-27)31(35)37-4)21-24-9-11-25(12-10-24)30(34)36-3/h9-16,18-20H,5-8,17,21H2,1-4H3. The molecule has 0 heterocycles. The predicted molar refractivity (Wildman–Crippen MR) is 147 cm³/mol. The van der Waals surface area contributed by atoms with Gasteiger partial charge in [-0.15, -0.1) is 0 Å². The van der Waals surface area contributed by atoms with Gasteiger partial charge in [-0.2, -0.15) is 0 Å². The monoisotopic (exact) mass is 517 g/mol. The van der Waals surface area contributed by atoms with Gasteiger partial charge in [0.1, 0.15) is 5.75 Å². The van der Waals surface area contributed by atoms with E-state index in [1.165, 1.54) is 25.3 Å². The summed E-state index contributed by atoms with van der Waals surface area (Å²) in [6, 6.07) is 19.9. The van der Waals surface area contributed by atoms with E-state index in [4.69, 9.17) is 14.2 Å². The number of rotatable bonds is 12. The topological polar surface area (TPSA) is 82.1 Å². The summed E-state index contributed by atoms with van der Waals surface area (Å²) in [4.78, 5) is 38.6. The summed E-state index contributed by atoms with van der Waals surface area (Å²) in [6.45, 7) is 5.03. The third-order valence-electron chi connectivity index (χ3n) is 6.12. The number of amides is 1. The third kappa shape index (κ3) is 8.20. The van der Waals surface area contributed by atoms with E-state index in [1.54, 1.807) is 53.4 Å². The Morgan fingerprint density at radius 1 is 0.711 bits per heavy atom. The number of hydrogen-bond acceptors (Lipinski definition) is 6. The van der Waals surface area contributed by atoms with Gasteiger partial charge in [-0.3, -0.25) is 4.79 Å². The second-order valence-electron chi connectivity index (χ2n) is 9.19. The van der Waals surface area contributed by atoms with E-state index in [1.807, 2.05) is 26.0 Å². The maximum atomic E-state index is 13.3. The molecule has 3 aromatic rings. The van der Waals surface area contributed by atoms with Crippen LogP contribution in [0.25, 0.3) is 0 Å². The Kier molecular flexibility index (Phi) is 10.5. The first-order valence-corrected chi connectivity index (χ1v) is 12.7. The number of hydrogen-bond donors (Lipinski definition) is 0. The average Bonchev–Trinajstić information content (AvgIpc) is 2.92. The average molecular weight is 518 g/mol. The van der Waals surface area contributed by atoms with Crippen molar-refractivity contribution in [3.05, 3.63) is 94.5 Å². The molecule has 3 aromatic carbocycles. The number of aryl methyl sites for hydroxylation is 2. The molecule has 0 spiro atoms. The van der Waals surface area contributed by atoms with Crippen LogP contribution < -0.4 is 9.64 Å². The second-order valence-corrected chi connectivity index (χ2v) is 9.19. The van der Waals surface area contributed by atoms with E-state index in [-0.39, 0.29) is 5.91 Å². The summed E-state index contributed by atoms with van der Waals surface area (Å²) < 4.78 is 15.4. The first-order valence-electron chi connectivity index (χ1n) is 12.7. The van der Waals surface area contributed by atoms with Crippen LogP contribution in [0.3, 0.4) is 0 Å². The van der Waals surface area contributed by atoms with Crippen LogP contribution in [0.15, 0.2) is 66.7 Å². The number of esters is 2. The Morgan fingerprint density at radius 3 is 1.82 bits per heavy atom. The molecule has 7 nitrogen and oxygen atoms in total. The molecular formula is C31H35NO6. The van der Waals surface area contributed by atoms with Crippen molar-refractivity contribution in [2.24, 2.45) is 0 Å². The minimum absolute atomic E-state index is 0.0249. The zero-order valence-corrected chi connectivity index (χ0v) is 22.5. The van der Waals surface area contributed by atoms with Gasteiger partial charge in [-0.05, 0) is 98.3 Å². The molecule has 0 fully saturated rings. The fourth-order valence-electron chi connectivity index (χ4n) is 4.16. The predicted octanol–water partition coefficient (Wildman–Crippen LogP) is 6.05. The SMILES string of the molecule is COC(=O)c1ccc(CN(C(=O)CCCCCOc2cc(C)cc(C)c2)c2ccc(C(=O)OC)cc2)cc1. The molecule has 0 radical (unpaired) electrons. The van der Waals surface area contributed by atoms with Crippen molar-refractivity contribution in [1.29, 1.82) is 0 Å². The highest BCUT2D eigenvalue weighted by Crippen LogP contribution is 2.22. The molecular weight excluding hydrogens is 482 g/mol. The Morgan fingerprint density at radius 2 is 1.26 bits per heavy atom. The first kappa shape index (κ1) is 28.4. The number of anilines is 1. The molecule has 0 bridgehead atoms. The summed E-state index contributed by atoms with van der Waals surface area (Å²) >= 11 is 0. The molecule has 200 valence electrons. The van der Waals surface area contributed by atoms with Crippen molar-refractivity contribution in [2.75, 3.05) is 25.7 Å². The van der Waals surface area contributed by atoms with Crippen LogP contribution in [0.1, 0.15) is 63.1 Å². The van der Waals surface area contributed by atoms with Gasteiger partial charge in [0, 0.05) is 12.1 Å². The van der Waals surface area contributed by atoms with Crippen LogP contribution in [-0.4, -0.2) is 38.7 Å². The van der Waals surface area contributed by atoms with Crippen LogP contribution in [0, 0.1) is 13.8 Å². The van der Waals surface area contributed by atoms with Crippen molar-refractivity contribution in [3.63, 3.8) is 0 Å². The van der Waals surface area contributed by atoms with Crippen molar-refractivity contribution in [3.8, 4) is 5.75 Å². The molecule has 38 heavy (non-hydrogen) atoms. The van der Waals surface area contributed by atoms with Crippen molar-refractivity contribution in [2.45, 2.75) is 46.1 Å². The van der Waals surface area contributed by atoms with Gasteiger partial charge < -0.3 is 19.1 Å². The second kappa shape index (κ2) is 14.0. The minimum atomic E-state index is -0.434. The number of carbonyl (C=O) groups is 3. The van der Waals surface area contributed by atoms with Gasteiger partial charge in [-0.25, -0.2) is 9.59 Å². The van der Waals surface area contributed by atoms with Gasteiger partial charge in [0.05, 0.1) is 38.5 Å². The van der Waals surface area contributed by atoms with Crippen molar-refractivity contribution >= 4 is 23.5 Å². The summed E-state index contributed by atoms with van der Waals surface area (Å²) in [7, 11) is 2.67. The smallest absolute Gasteiger partial charge is 0.337 e. The fraction of sp³-hybridized carbons (Fsp3) is 0.323. The van der Waals surface area contributed by atoms with E-state index in [0.29, 0.717) is 36.4 Å². The Hall–Kier alpha value is -4.13. The molecule has 0 N–H and O–H groups in total. The number of benzene rings is 3. The zero-order valence-electron chi connectivity index (χ0n) is 22.5. The summed E-state index contributed by atoms with van der Waals surface area (Å²) in [5.41, 5.74) is 4.74. The highest BCUT2D eigenvalue weighted by Gasteiger charge is 2.17. The van der Waals surface area contributed by atoms with Crippen LogP contribution in [-0.2, 0) is 20.8 Å². The molecule has 0 aliphatic heterocycles. The van der Waals surface area contributed by atoms with Gasteiger partial charge in [-0.1, -0.05) is 18.2 Å². The van der Waals surface area contributed by atoms with Crippen LogP contribution >= 0.6 is 0 Å². The number of nitrogens with zero attached hydrogens (tertiary/aromatic N) is 1. The van der Waals surface area contributed by atoms with Crippen LogP contribution in [0.2, 0.25) is 0 Å². The lowest BCUT2D eigenvalue weighted by Crippen LogP contribution is -2.30. The molecule has 7 heteroatoms. The van der Waals surface area contributed by atoms with Crippen molar-refractivity contribution < 1.29 is 28.6 Å². The van der Waals surface area contributed by atoms with E-state index in [0.717, 1.165) is 30.6 Å². The van der Waals surface area contributed by atoms with Crippen LogP contribution in [0.4, 0.5) is 5.69 Å². The normalized spacial score (nSPS) is 10.5. The number of methoxy groups -OCH3 is 2. The third-order valence-corrected chi connectivity index (χ3v) is 6.12. The summed E-state index contributed by atoms with van der Waals surface area (Å²) in [5.74, 6) is 0.00160. The molecule has 0 unspecified atom stereocenters. The van der Waals surface area contributed by atoms with Gasteiger partial charge in [0.25, 0.3) is 0 Å². The quantitative estimate of drug-likeness (QED) is 0.215. The van der Waals surface area contributed by atoms with Crippen molar-refractivity contribution in [1.82, 2.24) is 0 Å². The van der Waals surface area contributed by atoms with E-state index in [9.17, 15) is 14.4 Å². The molecule has 0 saturated carbocycles. The fourth-order valence-corrected chi connectivity index (χ4v) is 4.16. The molecule has 0 aliphatic rings. The molecule has 0 saturated heterocycles.